The maximum atomic E-state index is 12.2. The smallest absolute Gasteiger partial charge is 0.308 e. The fraction of sp³-hybridized carbons (Fsp3) is 0.529. The molecule has 0 bridgehead atoms. The van der Waals surface area contributed by atoms with Crippen molar-refractivity contribution in [1.29, 1.82) is 0 Å². The van der Waals surface area contributed by atoms with Crippen LogP contribution in [0.15, 0.2) is 24.3 Å². The van der Waals surface area contributed by atoms with Crippen LogP contribution < -0.4 is 0 Å². The second-order valence-electron chi connectivity index (χ2n) is 5.69. The first kappa shape index (κ1) is 15.5. The molecule has 0 aromatic heterocycles. The average Bonchev–Trinajstić information content (AvgIpc) is 2.53. The minimum absolute atomic E-state index is 0.0699. The summed E-state index contributed by atoms with van der Waals surface area (Å²) in [5.74, 6) is -1.12. The highest BCUT2D eigenvalue weighted by atomic mass is 16.4. The molecule has 1 aromatic rings. The van der Waals surface area contributed by atoms with Crippen LogP contribution in [-0.4, -0.2) is 35.0 Å². The number of amides is 1. The van der Waals surface area contributed by atoms with E-state index >= 15 is 0 Å². The number of rotatable bonds is 5. The van der Waals surface area contributed by atoms with Gasteiger partial charge in [0.1, 0.15) is 0 Å². The van der Waals surface area contributed by atoms with Crippen molar-refractivity contribution in [3.05, 3.63) is 35.4 Å². The number of piperidine rings is 1. The van der Waals surface area contributed by atoms with Crippen molar-refractivity contribution in [2.24, 2.45) is 5.92 Å². The maximum Gasteiger partial charge on any atom is 0.308 e. The highest BCUT2D eigenvalue weighted by Crippen LogP contribution is 2.18. The molecule has 0 aliphatic carbocycles. The normalized spacial score (nSPS) is 18.5. The maximum absolute atomic E-state index is 12.2. The number of carbonyl (C=O) groups is 2. The van der Waals surface area contributed by atoms with Gasteiger partial charge in [0.15, 0.2) is 0 Å². The van der Waals surface area contributed by atoms with Crippen LogP contribution in [0, 0.1) is 5.92 Å². The van der Waals surface area contributed by atoms with Gasteiger partial charge in [-0.2, -0.15) is 0 Å². The standard InChI is InChI=1S/C17H23NO3/c1-2-13-5-7-14(8-6-13)9-10-16(19)18-11-3-4-15(12-18)17(20)21/h5-8,15H,2-4,9-12H2,1H3,(H,20,21). The van der Waals surface area contributed by atoms with Crippen LogP contribution in [0.5, 0.6) is 0 Å². The molecule has 1 amide bonds. The van der Waals surface area contributed by atoms with E-state index in [2.05, 4.69) is 31.2 Å². The summed E-state index contributed by atoms with van der Waals surface area (Å²) in [7, 11) is 0. The second kappa shape index (κ2) is 7.25. The van der Waals surface area contributed by atoms with E-state index in [9.17, 15) is 9.59 Å². The van der Waals surface area contributed by atoms with E-state index in [4.69, 9.17) is 5.11 Å². The number of benzene rings is 1. The molecule has 1 fully saturated rings. The van der Waals surface area contributed by atoms with Gasteiger partial charge in [-0.15, -0.1) is 0 Å². The third kappa shape index (κ3) is 4.31. The fourth-order valence-corrected chi connectivity index (χ4v) is 2.76. The first-order valence-electron chi connectivity index (χ1n) is 7.68. The molecular formula is C17H23NO3. The minimum atomic E-state index is -0.789. The molecule has 1 heterocycles. The van der Waals surface area contributed by atoms with E-state index in [0.29, 0.717) is 25.9 Å². The molecule has 1 unspecified atom stereocenters. The van der Waals surface area contributed by atoms with Gasteiger partial charge in [-0.25, -0.2) is 0 Å². The van der Waals surface area contributed by atoms with Gasteiger partial charge in [0.05, 0.1) is 5.92 Å². The molecule has 1 saturated heterocycles. The summed E-state index contributed by atoms with van der Waals surface area (Å²) in [6.45, 7) is 3.17. The van der Waals surface area contributed by atoms with Gasteiger partial charge >= 0.3 is 5.97 Å². The lowest BCUT2D eigenvalue weighted by molar-refractivity contribution is -0.145. The van der Waals surface area contributed by atoms with Crippen molar-refractivity contribution >= 4 is 11.9 Å². The van der Waals surface area contributed by atoms with Gasteiger partial charge in [0.2, 0.25) is 5.91 Å². The van der Waals surface area contributed by atoms with Crippen LogP contribution in [0.3, 0.4) is 0 Å². The summed E-state index contributed by atoms with van der Waals surface area (Å²) in [6, 6.07) is 8.34. The van der Waals surface area contributed by atoms with Crippen LogP contribution >= 0.6 is 0 Å². The number of aliphatic carboxylic acids is 1. The van der Waals surface area contributed by atoms with Gasteiger partial charge in [-0.05, 0) is 36.8 Å². The zero-order valence-corrected chi connectivity index (χ0v) is 12.5. The molecule has 4 heteroatoms. The quantitative estimate of drug-likeness (QED) is 0.906. The van der Waals surface area contributed by atoms with E-state index in [0.717, 1.165) is 24.8 Å². The zero-order valence-electron chi connectivity index (χ0n) is 12.5. The summed E-state index contributed by atoms with van der Waals surface area (Å²) in [5, 5.41) is 9.06. The number of carbonyl (C=O) groups excluding carboxylic acids is 1. The average molecular weight is 289 g/mol. The third-order valence-corrected chi connectivity index (χ3v) is 4.18. The summed E-state index contributed by atoms with van der Waals surface area (Å²) in [5.41, 5.74) is 2.46. The number of hydrogen-bond donors (Lipinski definition) is 1. The molecule has 1 aromatic carbocycles. The third-order valence-electron chi connectivity index (χ3n) is 4.18. The van der Waals surface area contributed by atoms with Crippen LogP contribution in [-0.2, 0) is 22.4 Å². The first-order chi connectivity index (χ1) is 10.1. The van der Waals surface area contributed by atoms with Crippen molar-refractivity contribution < 1.29 is 14.7 Å². The van der Waals surface area contributed by atoms with Crippen molar-refractivity contribution in [2.75, 3.05) is 13.1 Å². The van der Waals surface area contributed by atoms with Gasteiger partial charge in [0, 0.05) is 19.5 Å². The SMILES string of the molecule is CCc1ccc(CCC(=O)N2CCCC(C(=O)O)C2)cc1. The topological polar surface area (TPSA) is 57.6 Å². The molecule has 4 nitrogen and oxygen atoms in total. The Morgan fingerprint density at radius 2 is 1.90 bits per heavy atom. The van der Waals surface area contributed by atoms with E-state index in [1.165, 1.54) is 5.56 Å². The molecular weight excluding hydrogens is 266 g/mol. The van der Waals surface area contributed by atoms with E-state index in [1.54, 1.807) is 4.90 Å². The molecule has 0 saturated carbocycles. The fourth-order valence-electron chi connectivity index (χ4n) is 2.76. The Labute approximate surface area is 125 Å². The van der Waals surface area contributed by atoms with Crippen LogP contribution in [0.2, 0.25) is 0 Å². The first-order valence-corrected chi connectivity index (χ1v) is 7.68. The summed E-state index contributed by atoms with van der Waals surface area (Å²) >= 11 is 0. The van der Waals surface area contributed by atoms with E-state index in [-0.39, 0.29) is 5.91 Å². The van der Waals surface area contributed by atoms with E-state index < -0.39 is 11.9 Å². The highest BCUT2D eigenvalue weighted by molar-refractivity contribution is 5.78. The van der Waals surface area contributed by atoms with E-state index in [1.807, 2.05) is 0 Å². The molecule has 0 radical (unpaired) electrons. The number of nitrogens with zero attached hydrogens (tertiary/aromatic N) is 1. The zero-order chi connectivity index (χ0) is 15.2. The van der Waals surface area contributed by atoms with Crippen molar-refractivity contribution in [2.45, 2.75) is 39.0 Å². The Balaban J connectivity index is 1.84. The Morgan fingerprint density at radius 1 is 1.24 bits per heavy atom. The van der Waals surface area contributed by atoms with Crippen molar-refractivity contribution in [1.82, 2.24) is 4.90 Å². The monoisotopic (exact) mass is 289 g/mol. The molecule has 1 N–H and O–H groups in total. The molecule has 1 atom stereocenters. The summed E-state index contributed by atoms with van der Waals surface area (Å²) < 4.78 is 0. The number of carboxylic acids is 1. The Hall–Kier alpha value is -1.84. The number of carboxylic acid groups (broad SMARTS) is 1. The summed E-state index contributed by atoms with van der Waals surface area (Å²) in [6.07, 6.45) is 3.66. The molecule has 1 aliphatic heterocycles. The van der Waals surface area contributed by atoms with Crippen LogP contribution in [0.1, 0.15) is 37.3 Å². The predicted molar refractivity (Wildman–Crippen MR) is 81.1 cm³/mol. The Bertz CT molecular complexity index is 495. The molecule has 21 heavy (non-hydrogen) atoms. The highest BCUT2D eigenvalue weighted by Gasteiger charge is 2.27. The van der Waals surface area contributed by atoms with Gasteiger partial charge < -0.3 is 10.0 Å². The number of hydrogen-bond acceptors (Lipinski definition) is 2. The lowest BCUT2D eigenvalue weighted by Gasteiger charge is -2.30. The van der Waals surface area contributed by atoms with Gasteiger partial charge in [-0.1, -0.05) is 31.2 Å². The lowest BCUT2D eigenvalue weighted by atomic mass is 9.97. The number of aryl methyl sites for hydroxylation is 2. The van der Waals surface area contributed by atoms with Crippen molar-refractivity contribution in [3.8, 4) is 0 Å². The lowest BCUT2D eigenvalue weighted by Crippen LogP contribution is -2.42. The van der Waals surface area contributed by atoms with Crippen molar-refractivity contribution in [3.63, 3.8) is 0 Å². The summed E-state index contributed by atoms with van der Waals surface area (Å²) in [4.78, 5) is 24.9. The van der Waals surface area contributed by atoms with Gasteiger partial charge in [0.25, 0.3) is 0 Å². The Morgan fingerprint density at radius 3 is 2.52 bits per heavy atom. The van der Waals surface area contributed by atoms with Crippen LogP contribution in [0.25, 0.3) is 0 Å². The predicted octanol–water partition coefficient (Wildman–Crippen LogP) is 2.50. The van der Waals surface area contributed by atoms with Crippen LogP contribution in [0.4, 0.5) is 0 Å². The largest absolute Gasteiger partial charge is 0.481 e. The minimum Gasteiger partial charge on any atom is -0.481 e. The molecule has 0 spiro atoms. The molecule has 114 valence electrons. The molecule has 1 aliphatic rings. The second-order valence-corrected chi connectivity index (χ2v) is 5.69. The van der Waals surface area contributed by atoms with Gasteiger partial charge in [-0.3, -0.25) is 9.59 Å². The number of likely N-dealkylation sites (tertiary alicyclic amines) is 1. The Kier molecular flexibility index (Phi) is 5.37. The molecule has 2 rings (SSSR count).